The number of hydrogen-bond acceptors (Lipinski definition) is 2. The molecule has 0 saturated heterocycles. The number of rotatable bonds is 4. The highest BCUT2D eigenvalue weighted by atomic mass is 16.1. The monoisotopic (exact) mass is 341 g/mol. The average molecular weight is 341 g/mol. The SMILES string of the molecule is Cn1ccnc1[C@@H](NC(=O)c1ccc2ccccc2c1)c1ccccc1. The van der Waals surface area contributed by atoms with Crippen molar-refractivity contribution in [3.05, 3.63) is 102 Å². The predicted octanol–water partition coefficient (Wildman–Crippen LogP) is 4.09. The van der Waals surface area contributed by atoms with E-state index in [1.165, 1.54) is 0 Å². The lowest BCUT2D eigenvalue weighted by atomic mass is 10.0. The number of imidazole rings is 1. The Labute approximate surface area is 152 Å². The van der Waals surface area contributed by atoms with Crippen LogP contribution >= 0.6 is 0 Å². The van der Waals surface area contributed by atoms with E-state index in [-0.39, 0.29) is 11.9 Å². The van der Waals surface area contributed by atoms with Crippen LogP contribution in [0.1, 0.15) is 27.8 Å². The molecule has 0 unspecified atom stereocenters. The van der Waals surface area contributed by atoms with Crippen LogP contribution in [0.15, 0.2) is 85.2 Å². The first-order valence-electron chi connectivity index (χ1n) is 8.54. The number of hydrogen-bond donors (Lipinski definition) is 1. The van der Waals surface area contributed by atoms with Gasteiger partial charge in [0.1, 0.15) is 11.9 Å². The van der Waals surface area contributed by atoms with Crippen molar-refractivity contribution in [2.45, 2.75) is 6.04 Å². The fourth-order valence-electron chi connectivity index (χ4n) is 3.14. The average Bonchev–Trinajstić information content (AvgIpc) is 3.12. The van der Waals surface area contributed by atoms with Crippen LogP contribution in [0.4, 0.5) is 0 Å². The first-order valence-corrected chi connectivity index (χ1v) is 8.54. The van der Waals surface area contributed by atoms with Crippen molar-refractivity contribution in [1.29, 1.82) is 0 Å². The summed E-state index contributed by atoms with van der Waals surface area (Å²) in [7, 11) is 1.93. The van der Waals surface area contributed by atoms with Crippen LogP contribution < -0.4 is 5.32 Å². The third-order valence-corrected chi connectivity index (χ3v) is 4.54. The Morgan fingerprint density at radius 2 is 1.69 bits per heavy atom. The highest BCUT2D eigenvalue weighted by Gasteiger charge is 2.21. The molecule has 1 atom stereocenters. The first-order chi connectivity index (χ1) is 12.7. The number of nitrogens with one attached hydrogen (secondary N) is 1. The molecule has 4 aromatic rings. The van der Waals surface area contributed by atoms with Crippen molar-refractivity contribution in [2.75, 3.05) is 0 Å². The molecule has 4 nitrogen and oxygen atoms in total. The normalized spacial score (nSPS) is 12.0. The molecule has 4 rings (SSSR count). The summed E-state index contributed by atoms with van der Waals surface area (Å²) < 4.78 is 1.93. The molecule has 1 aromatic heterocycles. The highest BCUT2D eigenvalue weighted by Crippen LogP contribution is 2.22. The molecule has 0 aliphatic carbocycles. The number of amides is 1. The Hall–Kier alpha value is -3.40. The van der Waals surface area contributed by atoms with Gasteiger partial charge in [-0.25, -0.2) is 4.98 Å². The zero-order chi connectivity index (χ0) is 17.9. The van der Waals surface area contributed by atoms with Crippen LogP contribution in [0.2, 0.25) is 0 Å². The van der Waals surface area contributed by atoms with Crippen molar-refractivity contribution in [2.24, 2.45) is 7.05 Å². The maximum atomic E-state index is 12.9. The summed E-state index contributed by atoms with van der Waals surface area (Å²) in [5.41, 5.74) is 1.63. The molecule has 1 heterocycles. The van der Waals surface area contributed by atoms with Crippen LogP contribution in [-0.2, 0) is 7.05 Å². The van der Waals surface area contributed by atoms with E-state index in [1.807, 2.05) is 90.6 Å². The molecule has 1 N–H and O–H groups in total. The molecule has 0 bridgehead atoms. The largest absolute Gasteiger partial charge is 0.338 e. The number of aromatic nitrogens is 2. The number of aryl methyl sites for hydroxylation is 1. The molecule has 1 amide bonds. The van der Waals surface area contributed by atoms with Crippen molar-refractivity contribution in [3.63, 3.8) is 0 Å². The van der Waals surface area contributed by atoms with Gasteiger partial charge in [-0.05, 0) is 28.5 Å². The van der Waals surface area contributed by atoms with Gasteiger partial charge in [0.15, 0.2) is 0 Å². The summed E-state index contributed by atoms with van der Waals surface area (Å²) in [6.45, 7) is 0. The van der Waals surface area contributed by atoms with Gasteiger partial charge in [0.2, 0.25) is 0 Å². The van der Waals surface area contributed by atoms with Gasteiger partial charge in [0.25, 0.3) is 5.91 Å². The van der Waals surface area contributed by atoms with Gasteiger partial charge >= 0.3 is 0 Å². The molecule has 0 radical (unpaired) electrons. The number of carbonyl (C=O) groups excluding carboxylic acids is 1. The molecular weight excluding hydrogens is 322 g/mol. The quantitative estimate of drug-likeness (QED) is 0.608. The maximum Gasteiger partial charge on any atom is 0.252 e. The lowest BCUT2D eigenvalue weighted by molar-refractivity contribution is 0.0941. The Bertz CT molecular complexity index is 1050. The Morgan fingerprint density at radius 1 is 0.962 bits per heavy atom. The van der Waals surface area contributed by atoms with Crippen LogP contribution in [0.5, 0.6) is 0 Å². The van der Waals surface area contributed by atoms with E-state index in [9.17, 15) is 4.79 Å². The summed E-state index contributed by atoms with van der Waals surface area (Å²) in [5, 5.41) is 5.30. The fourth-order valence-corrected chi connectivity index (χ4v) is 3.14. The maximum absolute atomic E-state index is 12.9. The zero-order valence-corrected chi connectivity index (χ0v) is 14.5. The van der Waals surface area contributed by atoms with E-state index in [0.29, 0.717) is 5.56 Å². The molecular formula is C22H19N3O. The van der Waals surface area contributed by atoms with Crippen LogP contribution in [0.3, 0.4) is 0 Å². The number of fused-ring (bicyclic) bond motifs is 1. The van der Waals surface area contributed by atoms with Crippen molar-refractivity contribution >= 4 is 16.7 Å². The van der Waals surface area contributed by atoms with Gasteiger partial charge in [-0.15, -0.1) is 0 Å². The molecule has 26 heavy (non-hydrogen) atoms. The molecule has 0 spiro atoms. The van der Waals surface area contributed by atoms with Crippen molar-refractivity contribution in [3.8, 4) is 0 Å². The van der Waals surface area contributed by atoms with E-state index in [1.54, 1.807) is 6.20 Å². The topological polar surface area (TPSA) is 46.9 Å². The lowest BCUT2D eigenvalue weighted by Gasteiger charge is -2.19. The second kappa shape index (κ2) is 6.84. The summed E-state index contributed by atoms with van der Waals surface area (Å²) in [6, 6.07) is 23.4. The molecule has 0 saturated carbocycles. The minimum Gasteiger partial charge on any atom is -0.338 e. The Morgan fingerprint density at radius 3 is 2.42 bits per heavy atom. The summed E-state index contributed by atoms with van der Waals surface area (Å²) in [5.74, 6) is 0.679. The minimum atomic E-state index is -0.310. The molecule has 3 aromatic carbocycles. The van der Waals surface area contributed by atoms with Crippen molar-refractivity contribution < 1.29 is 4.79 Å². The molecule has 128 valence electrons. The smallest absolute Gasteiger partial charge is 0.252 e. The summed E-state index contributed by atoms with van der Waals surface area (Å²) in [6.07, 6.45) is 3.63. The highest BCUT2D eigenvalue weighted by molar-refractivity contribution is 5.98. The van der Waals surface area contributed by atoms with E-state index >= 15 is 0 Å². The number of nitrogens with zero attached hydrogens (tertiary/aromatic N) is 2. The Balaban J connectivity index is 1.68. The third kappa shape index (κ3) is 3.09. The van der Waals surface area contributed by atoms with Gasteiger partial charge in [-0.2, -0.15) is 0 Å². The molecule has 0 aliphatic heterocycles. The minimum absolute atomic E-state index is 0.118. The zero-order valence-electron chi connectivity index (χ0n) is 14.5. The van der Waals surface area contributed by atoms with Gasteiger partial charge in [0, 0.05) is 25.0 Å². The van der Waals surface area contributed by atoms with Crippen molar-refractivity contribution in [1.82, 2.24) is 14.9 Å². The summed E-state index contributed by atoms with van der Waals surface area (Å²) >= 11 is 0. The molecule has 0 fully saturated rings. The Kier molecular flexibility index (Phi) is 4.23. The van der Waals surface area contributed by atoms with Gasteiger partial charge < -0.3 is 9.88 Å². The predicted molar refractivity (Wildman–Crippen MR) is 103 cm³/mol. The second-order valence-corrected chi connectivity index (χ2v) is 6.28. The van der Waals surface area contributed by atoms with E-state index in [0.717, 1.165) is 22.2 Å². The van der Waals surface area contributed by atoms with Crippen LogP contribution in [-0.4, -0.2) is 15.5 Å². The van der Waals surface area contributed by atoms with Gasteiger partial charge in [0.05, 0.1) is 0 Å². The van der Waals surface area contributed by atoms with E-state index in [4.69, 9.17) is 0 Å². The van der Waals surface area contributed by atoms with Gasteiger partial charge in [-0.3, -0.25) is 4.79 Å². The molecule has 4 heteroatoms. The van der Waals surface area contributed by atoms with E-state index < -0.39 is 0 Å². The molecule has 0 aliphatic rings. The van der Waals surface area contributed by atoms with Crippen LogP contribution in [0, 0.1) is 0 Å². The third-order valence-electron chi connectivity index (χ3n) is 4.54. The fraction of sp³-hybridized carbons (Fsp3) is 0.0909. The number of benzene rings is 3. The first kappa shape index (κ1) is 16.1. The van der Waals surface area contributed by atoms with E-state index in [2.05, 4.69) is 10.3 Å². The summed E-state index contributed by atoms with van der Waals surface area (Å²) in [4.78, 5) is 17.4. The second-order valence-electron chi connectivity index (χ2n) is 6.28. The lowest BCUT2D eigenvalue weighted by Crippen LogP contribution is -2.31. The van der Waals surface area contributed by atoms with Crippen LogP contribution in [0.25, 0.3) is 10.8 Å². The number of carbonyl (C=O) groups is 1. The standard InChI is InChI=1S/C22H19N3O/c1-25-14-13-23-21(25)20(17-8-3-2-4-9-17)24-22(26)19-12-11-16-7-5-6-10-18(16)15-19/h2-15,20H,1H3,(H,24,26)/t20-/m0/s1. The van der Waals surface area contributed by atoms with Gasteiger partial charge in [-0.1, -0.05) is 60.7 Å².